The lowest BCUT2D eigenvalue weighted by Gasteiger charge is -2.13. The van der Waals surface area contributed by atoms with E-state index in [1.807, 2.05) is 12.2 Å². The van der Waals surface area contributed by atoms with Gasteiger partial charge in [0.1, 0.15) is 0 Å². The summed E-state index contributed by atoms with van der Waals surface area (Å²) in [5.41, 5.74) is 0. The number of ether oxygens (including phenoxy) is 2. The summed E-state index contributed by atoms with van der Waals surface area (Å²) < 4.78 is 10.6. The molecule has 0 unspecified atom stereocenters. The first-order valence-corrected chi connectivity index (χ1v) is 3.92. The van der Waals surface area contributed by atoms with Gasteiger partial charge in [-0.25, -0.2) is 0 Å². The molecule has 1 rings (SSSR count). The number of aliphatic hydroxyl groups is 1. The molecule has 0 aromatic rings. The van der Waals surface area contributed by atoms with E-state index in [0.717, 1.165) is 12.8 Å². The summed E-state index contributed by atoms with van der Waals surface area (Å²) in [6.45, 7) is 1.45. The van der Waals surface area contributed by atoms with Crippen LogP contribution in [0.1, 0.15) is 12.8 Å². The molecule has 1 heterocycles. The molecule has 0 saturated carbocycles. The topological polar surface area (TPSA) is 38.7 Å². The molecule has 0 saturated heterocycles. The summed E-state index contributed by atoms with van der Waals surface area (Å²) in [5, 5.41) is 8.54. The Kier molecular flexibility index (Phi) is 4.19. The van der Waals surface area contributed by atoms with E-state index in [4.69, 9.17) is 14.6 Å². The quantitative estimate of drug-likeness (QED) is 0.614. The SMILES string of the molecule is OCCCC1OCC=CCO1. The second kappa shape index (κ2) is 5.29. The van der Waals surface area contributed by atoms with Crippen molar-refractivity contribution in [1.29, 1.82) is 0 Å². The zero-order valence-electron chi connectivity index (χ0n) is 6.53. The van der Waals surface area contributed by atoms with Crippen molar-refractivity contribution in [3.05, 3.63) is 12.2 Å². The predicted octanol–water partition coefficient (Wildman–Crippen LogP) is 0.688. The molecule has 0 amide bonds. The Morgan fingerprint density at radius 3 is 2.45 bits per heavy atom. The summed E-state index contributed by atoms with van der Waals surface area (Å²) in [5.74, 6) is 0. The molecule has 0 aromatic carbocycles. The molecule has 0 bridgehead atoms. The van der Waals surface area contributed by atoms with Crippen molar-refractivity contribution in [1.82, 2.24) is 0 Å². The molecule has 0 radical (unpaired) electrons. The Morgan fingerprint density at radius 1 is 1.27 bits per heavy atom. The van der Waals surface area contributed by atoms with E-state index in [2.05, 4.69) is 0 Å². The average molecular weight is 158 g/mol. The van der Waals surface area contributed by atoms with Crippen LogP contribution < -0.4 is 0 Å². The van der Waals surface area contributed by atoms with Crippen molar-refractivity contribution in [3.63, 3.8) is 0 Å². The predicted molar refractivity (Wildman–Crippen MR) is 41.2 cm³/mol. The number of hydrogen-bond acceptors (Lipinski definition) is 3. The van der Waals surface area contributed by atoms with Gasteiger partial charge < -0.3 is 14.6 Å². The molecule has 1 N–H and O–H groups in total. The van der Waals surface area contributed by atoms with Gasteiger partial charge in [0.25, 0.3) is 0 Å². The molecule has 1 aliphatic heterocycles. The molecule has 0 spiro atoms. The minimum absolute atomic E-state index is 0.128. The Labute approximate surface area is 66.6 Å². The van der Waals surface area contributed by atoms with Crippen LogP contribution in [0, 0.1) is 0 Å². The highest BCUT2D eigenvalue weighted by Gasteiger charge is 2.08. The van der Waals surface area contributed by atoms with Crippen LogP contribution in [0.4, 0.5) is 0 Å². The highest BCUT2D eigenvalue weighted by atomic mass is 16.7. The maximum Gasteiger partial charge on any atom is 0.158 e. The maximum atomic E-state index is 8.54. The normalized spacial score (nSPS) is 20.1. The smallest absolute Gasteiger partial charge is 0.158 e. The first-order chi connectivity index (χ1) is 5.43. The third kappa shape index (κ3) is 3.51. The Morgan fingerprint density at radius 2 is 1.91 bits per heavy atom. The van der Waals surface area contributed by atoms with E-state index in [1.165, 1.54) is 0 Å². The van der Waals surface area contributed by atoms with Crippen molar-refractivity contribution in [2.24, 2.45) is 0 Å². The minimum atomic E-state index is -0.128. The molecule has 0 aliphatic carbocycles. The van der Waals surface area contributed by atoms with Gasteiger partial charge >= 0.3 is 0 Å². The zero-order chi connectivity index (χ0) is 7.94. The second-order valence-corrected chi connectivity index (χ2v) is 2.43. The summed E-state index contributed by atoms with van der Waals surface area (Å²) in [6.07, 6.45) is 5.28. The van der Waals surface area contributed by atoms with E-state index in [9.17, 15) is 0 Å². The summed E-state index contributed by atoms with van der Waals surface area (Å²) >= 11 is 0. The van der Waals surface area contributed by atoms with Crippen molar-refractivity contribution < 1.29 is 14.6 Å². The average Bonchev–Trinajstić information content (AvgIpc) is 2.28. The lowest BCUT2D eigenvalue weighted by Crippen LogP contribution is -2.16. The molecule has 3 heteroatoms. The molecule has 1 aliphatic rings. The summed E-state index contributed by atoms with van der Waals surface area (Å²) in [7, 11) is 0. The lowest BCUT2D eigenvalue weighted by atomic mass is 10.3. The van der Waals surface area contributed by atoms with Crippen LogP contribution >= 0.6 is 0 Å². The fraction of sp³-hybridized carbons (Fsp3) is 0.750. The van der Waals surface area contributed by atoms with Gasteiger partial charge in [-0.3, -0.25) is 0 Å². The van der Waals surface area contributed by atoms with E-state index >= 15 is 0 Å². The largest absolute Gasteiger partial charge is 0.396 e. The highest BCUT2D eigenvalue weighted by Crippen LogP contribution is 2.06. The monoisotopic (exact) mass is 158 g/mol. The van der Waals surface area contributed by atoms with Crippen LogP contribution in [0.3, 0.4) is 0 Å². The van der Waals surface area contributed by atoms with Gasteiger partial charge in [0.15, 0.2) is 6.29 Å². The minimum Gasteiger partial charge on any atom is -0.396 e. The second-order valence-electron chi connectivity index (χ2n) is 2.43. The molecule has 0 aromatic heterocycles. The van der Waals surface area contributed by atoms with Crippen LogP contribution in [0.15, 0.2) is 12.2 Å². The van der Waals surface area contributed by atoms with E-state index < -0.39 is 0 Å². The van der Waals surface area contributed by atoms with Gasteiger partial charge in [-0.1, -0.05) is 12.2 Å². The molecular weight excluding hydrogens is 144 g/mol. The number of aliphatic hydroxyl groups excluding tert-OH is 1. The molecular formula is C8H14O3. The van der Waals surface area contributed by atoms with Crippen molar-refractivity contribution in [2.75, 3.05) is 19.8 Å². The van der Waals surface area contributed by atoms with Gasteiger partial charge in [0.2, 0.25) is 0 Å². The molecule has 0 atom stereocenters. The first kappa shape index (κ1) is 8.71. The van der Waals surface area contributed by atoms with Crippen molar-refractivity contribution in [2.45, 2.75) is 19.1 Å². The molecule has 3 nitrogen and oxygen atoms in total. The Hall–Kier alpha value is -0.380. The Balaban J connectivity index is 2.13. The fourth-order valence-corrected chi connectivity index (χ4v) is 0.935. The van der Waals surface area contributed by atoms with Crippen LogP contribution in [0.25, 0.3) is 0 Å². The van der Waals surface area contributed by atoms with Gasteiger partial charge in [-0.2, -0.15) is 0 Å². The fourth-order valence-electron chi connectivity index (χ4n) is 0.935. The van der Waals surface area contributed by atoms with Gasteiger partial charge in [-0.15, -0.1) is 0 Å². The van der Waals surface area contributed by atoms with Crippen LogP contribution in [0.2, 0.25) is 0 Å². The zero-order valence-corrected chi connectivity index (χ0v) is 6.53. The Bertz CT molecular complexity index is 113. The standard InChI is InChI=1S/C8H14O3/c9-5-3-4-8-10-6-1-2-7-11-8/h1-2,8-9H,3-7H2. The van der Waals surface area contributed by atoms with Gasteiger partial charge in [0, 0.05) is 13.0 Å². The van der Waals surface area contributed by atoms with Crippen molar-refractivity contribution in [3.8, 4) is 0 Å². The third-order valence-corrected chi connectivity index (χ3v) is 1.52. The van der Waals surface area contributed by atoms with Crippen LogP contribution in [-0.4, -0.2) is 31.2 Å². The third-order valence-electron chi connectivity index (χ3n) is 1.52. The van der Waals surface area contributed by atoms with Crippen molar-refractivity contribution >= 4 is 0 Å². The molecule has 0 fully saturated rings. The number of rotatable bonds is 3. The van der Waals surface area contributed by atoms with E-state index in [-0.39, 0.29) is 12.9 Å². The van der Waals surface area contributed by atoms with E-state index in [1.54, 1.807) is 0 Å². The number of hydrogen-bond donors (Lipinski definition) is 1. The van der Waals surface area contributed by atoms with Gasteiger partial charge in [-0.05, 0) is 6.42 Å². The summed E-state index contributed by atoms with van der Waals surface area (Å²) in [4.78, 5) is 0. The van der Waals surface area contributed by atoms with Gasteiger partial charge in [0.05, 0.1) is 13.2 Å². The molecule has 11 heavy (non-hydrogen) atoms. The lowest BCUT2D eigenvalue weighted by molar-refractivity contribution is -0.127. The molecule has 64 valence electrons. The van der Waals surface area contributed by atoms with Crippen LogP contribution in [-0.2, 0) is 9.47 Å². The highest BCUT2D eigenvalue weighted by molar-refractivity contribution is 4.83. The summed E-state index contributed by atoms with van der Waals surface area (Å²) in [6, 6.07) is 0. The van der Waals surface area contributed by atoms with Crippen LogP contribution in [0.5, 0.6) is 0 Å². The first-order valence-electron chi connectivity index (χ1n) is 3.92. The van der Waals surface area contributed by atoms with E-state index in [0.29, 0.717) is 13.2 Å². The maximum absolute atomic E-state index is 8.54.